The second kappa shape index (κ2) is 5.48. The monoisotopic (exact) mass is 267 g/mol. The molecule has 0 aromatic carbocycles. The molecule has 1 aliphatic rings. The number of piperazine rings is 1. The number of carbonyl (C=O) groups is 2. The number of carbonyl (C=O) groups excluding carboxylic acids is 2. The average molecular weight is 267 g/mol. The lowest BCUT2D eigenvalue weighted by atomic mass is 10.2. The summed E-state index contributed by atoms with van der Waals surface area (Å²) < 4.78 is 0. The summed E-state index contributed by atoms with van der Waals surface area (Å²) in [5.74, 6) is 0.134. The van der Waals surface area contributed by atoms with Gasteiger partial charge in [0.1, 0.15) is 5.69 Å². The summed E-state index contributed by atoms with van der Waals surface area (Å²) in [4.78, 5) is 31.4. The van der Waals surface area contributed by atoms with Crippen LogP contribution in [0.2, 0.25) is 0 Å². The molecule has 0 bridgehead atoms. The van der Waals surface area contributed by atoms with Crippen LogP contribution >= 0.6 is 11.3 Å². The first-order valence-electron chi connectivity index (χ1n) is 6.11. The first kappa shape index (κ1) is 13.0. The first-order chi connectivity index (χ1) is 8.61. The molecule has 0 N–H and O–H groups in total. The Balaban J connectivity index is 1.94. The molecule has 5 nitrogen and oxygen atoms in total. The number of aromatic nitrogens is 1. The summed E-state index contributed by atoms with van der Waals surface area (Å²) in [5.41, 5.74) is 0.521. The van der Waals surface area contributed by atoms with Gasteiger partial charge in [0, 0.05) is 38.0 Å². The zero-order valence-corrected chi connectivity index (χ0v) is 11.5. The van der Waals surface area contributed by atoms with Gasteiger partial charge in [0.05, 0.1) is 5.01 Å². The van der Waals surface area contributed by atoms with Crippen molar-refractivity contribution in [2.45, 2.75) is 20.3 Å². The van der Waals surface area contributed by atoms with E-state index in [2.05, 4.69) is 4.98 Å². The molecule has 6 heteroatoms. The van der Waals surface area contributed by atoms with E-state index in [4.69, 9.17) is 0 Å². The Morgan fingerprint density at radius 3 is 2.39 bits per heavy atom. The molecule has 98 valence electrons. The van der Waals surface area contributed by atoms with E-state index in [1.54, 1.807) is 10.3 Å². The predicted octanol–water partition coefficient (Wildman–Crippen LogP) is 1.15. The molecule has 2 amide bonds. The summed E-state index contributed by atoms with van der Waals surface area (Å²) in [6.45, 7) is 6.20. The van der Waals surface area contributed by atoms with Crippen molar-refractivity contribution in [3.8, 4) is 0 Å². The van der Waals surface area contributed by atoms with Crippen LogP contribution in [0.5, 0.6) is 0 Å². The normalized spacial score (nSPS) is 15.9. The number of rotatable bonds is 2. The number of hydrogen-bond acceptors (Lipinski definition) is 4. The van der Waals surface area contributed by atoms with E-state index in [1.165, 1.54) is 11.3 Å². The van der Waals surface area contributed by atoms with Gasteiger partial charge in [-0.2, -0.15) is 0 Å². The van der Waals surface area contributed by atoms with Crippen LogP contribution in [0.1, 0.15) is 28.8 Å². The van der Waals surface area contributed by atoms with Crippen LogP contribution in [-0.4, -0.2) is 52.8 Å². The summed E-state index contributed by atoms with van der Waals surface area (Å²) in [7, 11) is 0. The smallest absolute Gasteiger partial charge is 0.273 e. The van der Waals surface area contributed by atoms with E-state index in [1.807, 2.05) is 18.7 Å². The van der Waals surface area contributed by atoms with Crippen molar-refractivity contribution in [2.24, 2.45) is 0 Å². The highest BCUT2D eigenvalue weighted by Gasteiger charge is 2.25. The highest BCUT2D eigenvalue weighted by Crippen LogP contribution is 2.12. The van der Waals surface area contributed by atoms with Crippen molar-refractivity contribution < 1.29 is 9.59 Å². The molecule has 2 heterocycles. The van der Waals surface area contributed by atoms with Crippen molar-refractivity contribution in [1.82, 2.24) is 14.8 Å². The molecule has 1 aromatic rings. The number of nitrogens with zero attached hydrogens (tertiary/aromatic N) is 3. The summed E-state index contributed by atoms with van der Waals surface area (Å²) in [6, 6.07) is 0. The van der Waals surface area contributed by atoms with Gasteiger partial charge in [-0.05, 0) is 6.92 Å². The molecular formula is C12H17N3O2S. The van der Waals surface area contributed by atoms with E-state index in [0.717, 1.165) is 5.01 Å². The molecule has 1 saturated heterocycles. The quantitative estimate of drug-likeness (QED) is 0.807. The van der Waals surface area contributed by atoms with Gasteiger partial charge in [0.15, 0.2) is 0 Å². The standard InChI is InChI=1S/C12H17N3O2S/c1-3-11(16)14-4-6-15(7-5-14)12(17)10-8-18-9(2)13-10/h8H,3-7H2,1-2H3. The lowest BCUT2D eigenvalue weighted by molar-refractivity contribution is -0.132. The minimum atomic E-state index is -0.0250. The van der Waals surface area contributed by atoms with Gasteiger partial charge in [-0.15, -0.1) is 11.3 Å². The fourth-order valence-corrected chi connectivity index (χ4v) is 2.59. The number of aryl methyl sites for hydroxylation is 1. The van der Waals surface area contributed by atoms with Crippen molar-refractivity contribution in [1.29, 1.82) is 0 Å². The van der Waals surface area contributed by atoms with Gasteiger partial charge in [0.2, 0.25) is 5.91 Å². The van der Waals surface area contributed by atoms with Gasteiger partial charge >= 0.3 is 0 Å². The third-order valence-electron chi connectivity index (χ3n) is 3.06. The van der Waals surface area contributed by atoms with Crippen LogP contribution < -0.4 is 0 Å². The molecule has 0 unspecified atom stereocenters. The van der Waals surface area contributed by atoms with Crippen LogP contribution in [0, 0.1) is 6.92 Å². The lowest BCUT2D eigenvalue weighted by Gasteiger charge is -2.34. The first-order valence-corrected chi connectivity index (χ1v) is 6.99. The van der Waals surface area contributed by atoms with Gasteiger partial charge < -0.3 is 9.80 Å². The zero-order valence-electron chi connectivity index (χ0n) is 10.7. The minimum absolute atomic E-state index is 0.0250. The van der Waals surface area contributed by atoms with E-state index >= 15 is 0 Å². The van der Waals surface area contributed by atoms with Crippen molar-refractivity contribution in [2.75, 3.05) is 26.2 Å². The van der Waals surface area contributed by atoms with Crippen molar-refractivity contribution in [3.63, 3.8) is 0 Å². The summed E-state index contributed by atoms with van der Waals surface area (Å²) in [6.07, 6.45) is 0.527. The molecule has 1 fully saturated rings. The molecule has 0 aliphatic carbocycles. The number of thiazole rings is 1. The second-order valence-electron chi connectivity index (χ2n) is 4.28. The maximum atomic E-state index is 12.1. The maximum absolute atomic E-state index is 12.1. The van der Waals surface area contributed by atoms with Gasteiger partial charge in [-0.25, -0.2) is 4.98 Å². The van der Waals surface area contributed by atoms with Gasteiger partial charge in [-0.3, -0.25) is 9.59 Å². The van der Waals surface area contributed by atoms with Gasteiger partial charge in [-0.1, -0.05) is 6.92 Å². The highest BCUT2D eigenvalue weighted by atomic mass is 32.1. The third kappa shape index (κ3) is 2.69. The number of hydrogen-bond donors (Lipinski definition) is 0. The van der Waals surface area contributed by atoms with E-state index in [0.29, 0.717) is 38.3 Å². The van der Waals surface area contributed by atoms with Crippen molar-refractivity contribution in [3.05, 3.63) is 16.1 Å². The van der Waals surface area contributed by atoms with E-state index < -0.39 is 0 Å². The SMILES string of the molecule is CCC(=O)N1CCN(C(=O)c2csc(C)n2)CC1. The second-order valence-corrected chi connectivity index (χ2v) is 5.34. The Kier molecular flexibility index (Phi) is 3.96. The molecule has 1 aromatic heterocycles. The topological polar surface area (TPSA) is 53.5 Å². The average Bonchev–Trinajstić information content (AvgIpc) is 2.84. The molecule has 18 heavy (non-hydrogen) atoms. The third-order valence-corrected chi connectivity index (χ3v) is 3.83. The minimum Gasteiger partial charge on any atom is -0.339 e. The Morgan fingerprint density at radius 1 is 1.28 bits per heavy atom. The zero-order chi connectivity index (χ0) is 13.1. The molecule has 1 aliphatic heterocycles. The van der Waals surface area contributed by atoms with Crippen LogP contribution in [0.25, 0.3) is 0 Å². The Morgan fingerprint density at radius 2 is 1.89 bits per heavy atom. The molecular weight excluding hydrogens is 250 g/mol. The lowest BCUT2D eigenvalue weighted by Crippen LogP contribution is -2.50. The van der Waals surface area contributed by atoms with E-state index in [9.17, 15) is 9.59 Å². The van der Waals surface area contributed by atoms with Crippen LogP contribution in [0.3, 0.4) is 0 Å². The molecule has 0 saturated carbocycles. The summed E-state index contributed by atoms with van der Waals surface area (Å²) in [5, 5.41) is 2.69. The molecule has 0 atom stereocenters. The maximum Gasteiger partial charge on any atom is 0.273 e. The molecule has 2 rings (SSSR count). The van der Waals surface area contributed by atoms with Gasteiger partial charge in [0.25, 0.3) is 5.91 Å². The predicted molar refractivity (Wildman–Crippen MR) is 69.6 cm³/mol. The largest absolute Gasteiger partial charge is 0.339 e. The van der Waals surface area contributed by atoms with Crippen LogP contribution in [0.15, 0.2) is 5.38 Å². The van der Waals surface area contributed by atoms with E-state index in [-0.39, 0.29) is 11.8 Å². The molecule has 0 spiro atoms. The Hall–Kier alpha value is -1.43. The highest BCUT2D eigenvalue weighted by molar-refractivity contribution is 7.09. The number of amides is 2. The van der Waals surface area contributed by atoms with Crippen LogP contribution in [-0.2, 0) is 4.79 Å². The summed E-state index contributed by atoms with van der Waals surface area (Å²) >= 11 is 1.48. The fraction of sp³-hybridized carbons (Fsp3) is 0.583. The van der Waals surface area contributed by atoms with Crippen molar-refractivity contribution >= 4 is 23.2 Å². The molecule has 0 radical (unpaired) electrons. The van der Waals surface area contributed by atoms with Crippen LogP contribution in [0.4, 0.5) is 0 Å². The fourth-order valence-electron chi connectivity index (χ4n) is 2.01. The Bertz CT molecular complexity index is 450. The Labute approximate surface area is 110 Å².